The van der Waals surface area contributed by atoms with Crippen molar-refractivity contribution in [1.82, 2.24) is 0 Å². The zero-order valence-corrected chi connectivity index (χ0v) is 67.3. The fourth-order valence-electron chi connectivity index (χ4n) is 9.86. The Kier molecular flexibility index (Phi) is 73.1. The highest BCUT2D eigenvalue weighted by molar-refractivity contribution is 7.47. The van der Waals surface area contributed by atoms with Crippen LogP contribution in [0.2, 0.25) is 0 Å². The fourth-order valence-corrected chi connectivity index (χ4v) is 11.4. The van der Waals surface area contributed by atoms with E-state index in [9.17, 15) is 43.2 Å². The van der Waals surface area contributed by atoms with Gasteiger partial charge in [0.1, 0.15) is 19.3 Å². The standard InChI is InChI=1S/C87H140O17P2/c1-5-9-13-17-21-25-29-32-35-38-40-43-45-48-52-55-59-63-67-71-84(89)97-77-82(103-86(91)73-69-65-61-57-51-28-24-20-16-12-8-4)79-101-105(93,94)99-75-81(88)76-100-106(95,96)102-80-83(104-87(92)74-70-66-62-58-54-50-47-42-37-34-31-27-23-19-15-11-7-3)78-98-85(90)72-68-64-60-56-53-49-46-44-41-39-36-33-30-26-22-18-14-10-6-2/h9-11,13-15,20-27,32-37,40-41,43-44,48-49,52-53,59,63,81-83,88H,5-8,12,16-19,28-31,38-39,42,45-47,50-51,54-58,60-62,64-80H2,1-4H3,(H,93,94)(H,95,96)/b13-9-,14-10-,15-11-,24-20-,25-21-,26-22-,27-23-,35-32-,36-33-,37-34-,43-40-,44-41-,52-48-,53-49-,63-59-. The molecule has 600 valence electrons. The largest absolute Gasteiger partial charge is 0.472 e. The van der Waals surface area contributed by atoms with Crippen LogP contribution in [0.15, 0.2) is 182 Å². The van der Waals surface area contributed by atoms with Gasteiger partial charge < -0.3 is 33.8 Å². The first-order chi connectivity index (χ1) is 51.7. The van der Waals surface area contributed by atoms with E-state index in [0.29, 0.717) is 32.1 Å². The summed E-state index contributed by atoms with van der Waals surface area (Å²) in [5.41, 5.74) is 0. The molecule has 0 aromatic heterocycles. The average molecular weight is 1520 g/mol. The molecule has 106 heavy (non-hydrogen) atoms. The van der Waals surface area contributed by atoms with E-state index in [1.807, 2.05) is 18.2 Å². The second-order valence-corrected chi connectivity index (χ2v) is 28.8. The molecule has 0 aromatic rings. The number of rotatable bonds is 73. The van der Waals surface area contributed by atoms with Gasteiger partial charge in [-0.1, -0.05) is 281 Å². The van der Waals surface area contributed by atoms with Crippen LogP contribution < -0.4 is 0 Å². The number of unbranched alkanes of at least 4 members (excludes halogenated alkanes) is 17. The van der Waals surface area contributed by atoms with Gasteiger partial charge in [0.05, 0.1) is 26.4 Å². The minimum Gasteiger partial charge on any atom is -0.462 e. The smallest absolute Gasteiger partial charge is 0.462 e. The molecular formula is C87H140O17P2. The summed E-state index contributed by atoms with van der Waals surface area (Å²) < 4.78 is 68.5. The van der Waals surface area contributed by atoms with Crippen LogP contribution >= 0.6 is 15.6 Å². The van der Waals surface area contributed by atoms with E-state index in [-0.39, 0.29) is 25.7 Å². The van der Waals surface area contributed by atoms with Crippen molar-refractivity contribution in [2.24, 2.45) is 0 Å². The van der Waals surface area contributed by atoms with Gasteiger partial charge in [0.25, 0.3) is 0 Å². The average Bonchev–Trinajstić information content (AvgIpc) is 0.901. The Morgan fingerprint density at radius 1 is 0.274 bits per heavy atom. The highest BCUT2D eigenvalue weighted by Gasteiger charge is 2.30. The maximum Gasteiger partial charge on any atom is 0.472 e. The van der Waals surface area contributed by atoms with E-state index < -0.39 is 97.5 Å². The molecule has 0 heterocycles. The summed E-state index contributed by atoms with van der Waals surface area (Å²) in [4.78, 5) is 73.0. The van der Waals surface area contributed by atoms with Gasteiger partial charge >= 0.3 is 39.5 Å². The molecule has 0 aliphatic rings. The van der Waals surface area contributed by atoms with E-state index in [1.165, 1.54) is 6.42 Å². The summed E-state index contributed by atoms with van der Waals surface area (Å²) in [6.45, 7) is 4.33. The predicted octanol–water partition coefficient (Wildman–Crippen LogP) is 23.6. The Labute approximate surface area is 641 Å². The lowest BCUT2D eigenvalue weighted by Crippen LogP contribution is -2.30. The second-order valence-electron chi connectivity index (χ2n) is 25.9. The zero-order valence-electron chi connectivity index (χ0n) is 65.5. The van der Waals surface area contributed by atoms with Gasteiger partial charge in [0, 0.05) is 25.7 Å². The van der Waals surface area contributed by atoms with Crippen molar-refractivity contribution in [2.45, 2.75) is 303 Å². The van der Waals surface area contributed by atoms with Gasteiger partial charge in [0.15, 0.2) is 12.2 Å². The molecule has 0 rings (SSSR count). The molecule has 0 aliphatic heterocycles. The summed E-state index contributed by atoms with van der Waals surface area (Å²) in [6, 6.07) is 0. The molecule has 5 atom stereocenters. The number of allylic oxidation sites excluding steroid dienone is 30. The number of esters is 4. The van der Waals surface area contributed by atoms with Crippen LogP contribution in [-0.4, -0.2) is 96.7 Å². The number of phosphoric ester groups is 2. The summed E-state index contributed by atoms with van der Waals surface area (Å²) >= 11 is 0. The maximum absolute atomic E-state index is 13.1. The highest BCUT2D eigenvalue weighted by atomic mass is 31.2. The van der Waals surface area contributed by atoms with Crippen LogP contribution in [-0.2, 0) is 65.4 Å². The third-order valence-corrected chi connectivity index (χ3v) is 17.8. The Bertz CT molecular complexity index is 2730. The number of hydrogen-bond acceptors (Lipinski definition) is 15. The molecule has 0 saturated heterocycles. The Balaban J connectivity index is 5.45. The Morgan fingerprint density at radius 3 is 0.830 bits per heavy atom. The van der Waals surface area contributed by atoms with E-state index in [0.717, 1.165) is 193 Å². The van der Waals surface area contributed by atoms with Crippen molar-refractivity contribution in [3.63, 3.8) is 0 Å². The lowest BCUT2D eigenvalue weighted by Gasteiger charge is -2.21. The van der Waals surface area contributed by atoms with Crippen molar-refractivity contribution in [3.05, 3.63) is 182 Å². The predicted molar refractivity (Wildman–Crippen MR) is 436 cm³/mol. The molecule has 17 nitrogen and oxygen atoms in total. The van der Waals surface area contributed by atoms with Crippen LogP contribution in [0.25, 0.3) is 0 Å². The van der Waals surface area contributed by atoms with Crippen molar-refractivity contribution in [3.8, 4) is 0 Å². The third-order valence-electron chi connectivity index (χ3n) is 15.9. The highest BCUT2D eigenvalue weighted by Crippen LogP contribution is 2.45. The van der Waals surface area contributed by atoms with Gasteiger partial charge in [-0.05, 0) is 161 Å². The minimum atomic E-state index is -5.00. The van der Waals surface area contributed by atoms with Crippen molar-refractivity contribution >= 4 is 39.5 Å². The third kappa shape index (κ3) is 76.4. The zero-order chi connectivity index (χ0) is 77.4. The molecule has 0 amide bonds. The number of hydrogen-bond donors (Lipinski definition) is 3. The fraction of sp³-hybridized carbons (Fsp3) is 0.609. The molecule has 0 fully saturated rings. The molecule has 0 spiro atoms. The molecule has 0 aromatic carbocycles. The van der Waals surface area contributed by atoms with Gasteiger partial charge in [-0.2, -0.15) is 0 Å². The molecule has 5 unspecified atom stereocenters. The molecular weight excluding hydrogens is 1380 g/mol. The summed E-state index contributed by atoms with van der Waals surface area (Å²) in [7, 11) is -10.0. The van der Waals surface area contributed by atoms with Crippen molar-refractivity contribution < 1.29 is 80.2 Å². The summed E-state index contributed by atoms with van der Waals surface area (Å²) in [6.07, 6.45) is 93.2. The van der Waals surface area contributed by atoms with Crippen molar-refractivity contribution in [2.75, 3.05) is 39.6 Å². The molecule has 19 heteroatoms. The number of aliphatic hydroxyl groups excluding tert-OH is 1. The van der Waals surface area contributed by atoms with E-state index in [2.05, 4.69) is 192 Å². The lowest BCUT2D eigenvalue weighted by atomic mass is 10.1. The monoisotopic (exact) mass is 1520 g/mol. The van der Waals surface area contributed by atoms with Gasteiger partial charge in [-0.15, -0.1) is 0 Å². The molecule has 0 saturated carbocycles. The number of aliphatic hydroxyl groups is 1. The van der Waals surface area contributed by atoms with Crippen LogP contribution in [0, 0.1) is 0 Å². The van der Waals surface area contributed by atoms with Crippen molar-refractivity contribution in [1.29, 1.82) is 0 Å². The second kappa shape index (κ2) is 77.3. The van der Waals surface area contributed by atoms with Crippen LogP contribution in [0.3, 0.4) is 0 Å². The van der Waals surface area contributed by atoms with Gasteiger partial charge in [0.2, 0.25) is 0 Å². The first kappa shape index (κ1) is 100. The Morgan fingerprint density at radius 2 is 0.509 bits per heavy atom. The topological polar surface area (TPSA) is 237 Å². The van der Waals surface area contributed by atoms with E-state index in [1.54, 1.807) is 0 Å². The van der Waals surface area contributed by atoms with E-state index >= 15 is 0 Å². The number of phosphoric acid groups is 2. The summed E-state index contributed by atoms with van der Waals surface area (Å²) in [5, 5.41) is 10.6. The van der Waals surface area contributed by atoms with Gasteiger partial charge in [-0.25, -0.2) is 9.13 Å². The Hall–Kier alpha value is -5.84. The van der Waals surface area contributed by atoms with Gasteiger partial charge in [-0.3, -0.25) is 37.3 Å². The first-order valence-corrected chi connectivity index (χ1v) is 43.0. The van der Waals surface area contributed by atoms with Crippen LogP contribution in [0.4, 0.5) is 0 Å². The summed E-state index contributed by atoms with van der Waals surface area (Å²) in [5.74, 6) is -2.35. The number of carbonyl (C=O) groups is 4. The van der Waals surface area contributed by atoms with Crippen LogP contribution in [0.1, 0.15) is 285 Å². The minimum absolute atomic E-state index is 0.0282. The SMILES string of the molecule is CC/C=C\C/C=C\C/C=C\C/C=C\C/C=C\C/C=C\CCC(=O)OCC(COP(=O)(O)OCC(O)COP(=O)(O)OCC(COC(=O)CCCCC/C=C\C/C=C\C/C=C\C/C=C\C/C=C\CC)OC(=O)CCCCCCCCC/C=C\C/C=C\C/C=C\CC)OC(=O)CCCCCCC/C=C\CCCC. The quantitative estimate of drug-likeness (QED) is 0.0169. The normalized spacial score (nSPS) is 14.8. The molecule has 0 radical (unpaired) electrons. The number of carbonyl (C=O) groups excluding carboxylic acids is 4. The van der Waals surface area contributed by atoms with E-state index in [4.69, 9.17) is 37.0 Å². The molecule has 0 bridgehead atoms. The molecule has 0 aliphatic carbocycles. The maximum atomic E-state index is 13.1. The first-order valence-electron chi connectivity index (χ1n) is 40.0. The lowest BCUT2D eigenvalue weighted by molar-refractivity contribution is -0.161. The van der Waals surface area contributed by atoms with Crippen LogP contribution in [0.5, 0.6) is 0 Å². The molecule has 3 N–H and O–H groups in total. The number of ether oxygens (including phenoxy) is 4.